The molecule has 3 aromatic heterocycles. The van der Waals surface area contributed by atoms with Crippen LogP contribution in [0.4, 0.5) is 0 Å². The van der Waals surface area contributed by atoms with Crippen molar-refractivity contribution in [3.8, 4) is 17.1 Å². The number of nitrogens with zero attached hydrogens (tertiary/aromatic N) is 5. The Hall–Kier alpha value is -3.42. The minimum atomic E-state index is -0.0484. The number of aryl methyl sites for hydroxylation is 1. The summed E-state index contributed by atoms with van der Waals surface area (Å²) in [5.74, 6) is 0.405. The molecule has 0 radical (unpaired) electrons. The first-order valence-electron chi connectivity index (χ1n) is 11.3. The molecule has 1 saturated heterocycles. The molecule has 4 heterocycles. The fourth-order valence-electron chi connectivity index (χ4n) is 4.35. The third-order valence-corrected chi connectivity index (χ3v) is 6.51. The molecule has 0 unspecified atom stereocenters. The van der Waals surface area contributed by atoms with E-state index in [9.17, 15) is 4.79 Å². The first kappa shape index (κ1) is 22.4. The van der Waals surface area contributed by atoms with E-state index in [-0.39, 0.29) is 5.91 Å². The molecule has 1 fully saturated rings. The maximum Gasteiger partial charge on any atom is 0.272 e. The normalized spacial score (nSPS) is 14.5. The average Bonchev–Trinajstić information content (AvgIpc) is 3.23. The van der Waals surface area contributed by atoms with Crippen LogP contribution in [0.5, 0.6) is 5.88 Å². The maximum absolute atomic E-state index is 13.1. The average molecular weight is 476 g/mol. The van der Waals surface area contributed by atoms with Gasteiger partial charge >= 0.3 is 0 Å². The maximum atomic E-state index is 13.1. The van der Waals surface area contributed by atoms with E-state index in [0.717, 1.165) is 47.8 Å². The standard InChI is InChI=1S/C26H26ClN5O2/c1-18-6-11-23(34-2)29-24(18)26(33)31-15-13-30(14-16-31)17-21-25(19-7-9-20(27)10-8-19)28-22-5-3-4-12-32(21)22/h3-12H,13-17H2,1-2H3. The lowest BCUT2D eigenvalue weighted by Crippen LogP contribution is -2.48. The number of carbonyl (C=O) groups excluding carboxylic acids is 1. The van der Waals surface area contributed by atoms with E-state index in [2.05, 4.69) is 14.3 Å². The Bertz CT molecular complexity index is 1330. The molecule has 8 heteroatoms. The Morgan fingerprint density at radius 1 is 1.00 bits per heavy atom. The number of carbonyl (C=O) groups is 1. The number of hydrogen-bond acceptors (Lipinski definition) is 5. The van der Waals surface area contributed by atoms with Gasteiger partial charge in [0, 0.05) is 55.6 Å². The molecule has 1 aromatic carbocycles. The van der Waals surface area contributed by atoms with Crippen molar-refractivity contribution in [1.82, 2.24) is 24.2 Å². The summed E-state index contributed by atoms with van der Waals surface area (Å²) >= 11 is 6.11. The number of hydrogen-bond donors (Lipinski definition) is 0. The highest BCUT2D eigenvalue weighted by atomic mass is 35.5. The number of methoxy groups -OCH3 is 1. The van der Waals surface area contributed by atoms with Gasteiger partial charge in [0.2, 0.25) is 5.88 Å². The van der Waals surface area contributed by atoms with E-state index in [1.165, 1.54) is 0 Å². The van der Waals surface area contributed by atoms with Gasteiger partial charge in [-0.3, -0.25) is 9.69 Å². The zero-order chi connectivity index (χ0) is 23.7. The zero-order valence-electron chi connectivity index (χ0n) is 19.2. The van der Waals surface area contributed by atoms with E-state index >= 15 is 0 Å². The predicted octanol–water partition coefficient (Wildman–Crippen LogP) is 4.32. The quantitative estimate of drug-likeness (QED) is 0.430. The van der Waals surface area contributed by atoms with Crippen LogP contribution in [0.2, 0.25) is 5.02 Å². The van der Waals surface area contributed by atoms with Crippen LogP contribution < -0.4 is 4.74 Å². The van der Waals surface area contributed by atoms with E-state index < -0.39 is 0 Å². The lowest BCUT2D eigenvalue weighted by molar-refractivity contribution is 0.0619. The summed E-state index contributed by atoms with van der Waals surface area (Å²) in [5, 5.41) is 0.704. The van der Waals surface area contributed by atoms with Crippen LogP contribution in [0.25, 0.3) is 16.9 Å². The minimum Gasteiger partial charge on any atom is -0.481 e. The van der Waals surface area contributed by atoms with Crippen molar-refractivity contribution in [3.05, 3.63) is 82.8 Å². The van der Waals surface area contributed by atoms with Crippen LogP contribution in [-0.2, 0) is 6.54 Å². The Morgan fingerprint density at radius 3 is 2.50 bits per heavy atom. The van der Waals surface area contributed by atoms with Crippen molar-refractivity contribution in [3.63, 3.8) is 0 Å². The Balaban J connectivity index is 1.34. The SMILES string of the molecule is COc1ccc(C)c(C(=O)N2CCN(Cc3c(-c4ccc(Cl)cc4)nc4ccccn34)CC2)n1. The number of piperazine rings is 1. The fraction of sp³-hybridized carbons (Fsp3) is 0.269. The highest BCUT2D eigenvalue weighted by molar-refractivity contribution is 6.30. The molecule has 174 valence electrons. The molecule has 5 rings (SSSR count). The molecule has 0 N–H and O–H groups in total. The highest BCUT2D eigenvalue weighted by Crippen LogP contribution is 2.27. The van der Waals surface area contributed by atoms with Gasteiger partial charge in [-0.2, -0.15) is 0 Å². The second-order valence-electron chi connectivity index (χ2n) is 8.43. The molecule has 4 aromatic rings. The van der Waals surface area contributed by atoms with Gasteiger partial charge in [-0.25, -0.2) is 9.97 Å². The number of fused-ring (bicyclic) bond motifs is 1. The van der Waals surface area contributed by atoms with Gasteiger partial charge in [0.05, 0.1) is 18.5 Å². The van der Waals surface area contributed by atoms with Gasteiger partial charge in [-0.15, -0.1) is 0 Å². The first-order valence-corrected chi connectivity index (χ1v) is 11.7. The van der Waals surface area contributed by atoms with Gasteiger partial charge in [-0.05, 0) is 36.8 Å². The second-order valence-corrected chi connectivity index (χ2v) is 8.87. The third-order valence-electron chi connectivity index (χ3n) is 6.26. The van der Waals surface area contributed by atoms with Crippen molar-refractivity contribution < 1.29 is 9.53 Å². The van der Waals surface area contributed by atoms with E-state index in [4.69, 9.17) is 21.3 Å². The molecule has 34 heavy (non-hydrogen) atoms. The van der Waals surface area contributed by atoms with Crippen molar-refractivity contribution in [2.75, 3.05) is 33.3 Å². The topological polar surface area (TPSA) is 63.0 Å². The highest BCUT2D eigenvalue weighted by Gasteiger charge is 2.26. The third kappa shape index (κ3) is 4.36. The van der Waals surface area contributed by atoms with Crippen molar-refractivity contribution >= 4 is 23.2 Å². The molecule has 1 aliphatic rings. The second kappa shape index (κ2) is 9.44. The van der Waals surface area contributed by atoms with Gasteiger partial charge in [0.15, 0.2) is 0 Å². The number of rotatable bonds is 5. The van der Waals surface area contributed by atoms with Crippen molar-refractivity contribution in [2.45, 2.75) is 13.5 Å². The van der Waals surface area contributed by atoms with Gasteiger partial charge < -0.3 is 14.0 Å². The number of imidazole rings is 1. The van der Waals surface area contributed by atoms with Gasteiger partial charge in [0.1, 0.15) is 11.3 Å². The predicted molar refractivity (Wildman–Crippen MR) is 132 cm³/mol. The monoisotopic (exact) mass is 475 g/mol. The van der Waals surface area contributed by atoms with E-state index in [1.54, 1.807) is 13.2 Å². The smallest absolute Gasteiger partial charge is 0.272 e. The summed E-state index contributed by atoms with van der Waals surface area (Å²) in [4.78, 5) is 26.6. The fourth-order valence-corrected chi connectivity index (χ4v) is 4.47. The molecule has 0 spiro atoms. The lowest BCUT2D eigenvalue weighted by Gasteiger charge is -2.34. The van der Waals surface area contributed by atoms with Crippen LogP contribution in [0.3, 0.4) is 0 Å². The Kier molecular flexibility index (Phi) is 6.22. The number of amides is 1. The molecule has 0 bridgehead atoms. The van der Waals surface area contributed by atoms with Crippen molar-refractivity contribution in [2.24, 2.45) is 0 Å². The summed E-state index contributed by atoms with van der Waals surface area (Å²) in [5.41, 5.74) is 5.35. The molecule has 0 saturated carbocycles. The number of pyridine rings is 2. The van der Waals surface area contributed by atoms with Gasteiger partial charge in [0.25, 0.3) is 5.91 Å². The van der Waals surface area contributed by atoms with E-state index in [0.29, 0.717) is 29.7 Å². The number of ether oxygens (including phenoxy) is 1. The van der Waals surface area contributed by atoms with Crippen LogP contribution in [-0.4, -0.2) is 63.4 Å². The molecular weight excluding hydrogens is 450 g/mol. The molecule has 7 nitrogen and oxygen atoms in total. The van der Waals surface area contributed by atoms with Crippen molar-refractivity contribution in [1.29, 1.82) is 0 Å². The van der Waals surface area contributed by atoms with Crippen LogP contribution in [0, 0.1) is 6.92 Å². The molecule has 1 aliphatic heterocycles. The Morgan fingerprint density at radius 2 is 1.76 bits per heavy atom. The molecule has 1 amide bonds. The largest absolute Gasteiger partial charge is 0.481 e. The van der Waals surface area contributed by atoms with Crippen LogP contribution >= 0.6 is 11.6 Å². The van der Waals surface area contributed by atoms with Crippen LogP contribution in [0.15, 0.2) is 60.8 Å². The summed E-state index contributed by atoms with van der Waals surface area (Å²) in [6.07, 6.45) is 2.05. The lowest BCUT2D eigenvalue weighted by atomic mass is 10.1. The molecule has 0 atom stereocenters. The van der Waals surface area contributed by atoms with E-state index in [1.807, 2.05) is 66.6 Å². The summed E-state index contributed by atoms with van der Waals surface area (Å²) in [7, 11) is 1.56. The number of aromatic nitrogens is 3. The summed E-state index contributed by atoms with van der Waals surface area (Å²) in [6.45, 7) is 5.47. The summed E-state index contributed by atoms with van der Waals surface area (Å²) in [6, 6.07) is 17.5. The molecular formula is C26H26ClN5O2. The Labute approximate surface area is 203 Å². The minimum absolute atomic E-state index is 0.0484. The first-order chi connectivity index (χ1) is 16.5. The summed E-state index contributed by atoms with van der Waals surface area (Å²) < 4.78 is 7.35. The van der Waals surface area contributed by atoms with Gasteiger partial charge in [-0.1, -0.05) is 35.9 Å². The molecule has 0 aliphatic carbocycles. The number of halogens is 1. The number of benzene rings is 1. The zero-order valence-corrected chi connectivity index (χ0v) is 20.0. The van der Waals surface area contributed by atoms with Crippen LogP contribution in [0.1, 0.15) is 21.7 Å².